The molecule has 0 bridgehead atoms. The first kappa shape index (κ1) is 21.8. The van der Waals surface area contributed by atoms with Gasteiger partial charge in [-0.05, 0) is 17.7 Å². The van der Waals surface area contributed by atoms with Gasteiger partial charge in [-0.2, -0.15) is 0 Å². The van der Waals surface area contributed by atoms with Crippen molar-refractivity contribution in [2.45, 2.75) is 24.5 Å². The molecule has 0 aromatic heterocycles. The van der Waals surface area contributed by atoms with Gasteiger partial charge in [0.15, 0.2) is 9.84 Å². The summed E-state index contributed by atoms with van der Waals surface area (Å²) in [6.45, 7) is 4.00. The van der Waals surface area contributed by atoms with Crippen LogP contribution in [0, 0.1) is 7.43 Å². The average Bonchev–Trinajstić information content (AvgIpc) is 2.43. The smallest absolute Gasteiger partial charge is 0.182 e. The molecule has 0 atom stereocenters. The standard InChI is InChI=1S/C13H12O2S.C2H6.CH3.Y/c14-16(15,13-9-5-2-6-10-13)11-12-7-3-1-4-8-12;1-2;;/h1-10H,11H2;1-2H3;1H3;/q;;-1;. The van der Waals surface area contributed by atoms with E-state index in [1.54, 1.807) is 24.3 Å². The molecule has 2 rings (SSSR count). The van der Waals surface area contributed by atoms with Crippen LogP contribution in [0.2, 0.25) is 0 Å². The van der Waals surface area contributed by atoms with Gasteiger partial charge in [0.2, 0.25) is 0 Å². The van der Waals surface area contributed by atoms with Gasteiger partial charge in [-0.1, -0.05) is 62.4 Å². The van der Waals surface area contributed by atoms with Crippen molar-refractivity contribution in [1.29, 1.82) is 0 Å². The molecule has 4 heteroatoms. The van der Waals surface area contributed by atoms with Crippen LogP contribution >= 0.6 is 0 Å². The number of hydrogen-bond donors (Lipinski definition) is 0. The van der Waals surface area contributed by atoms with Crippen molar-refractivity contribution in [3.8, 4) is 0 Å². The Kier molecular flexibility index (Phi) is 12.2. The van der Waals surface area contributed by atoms with Gasteiger partial charge < -0.3 is 7.43 Å². The molecular formula is C16H21O2SY-. The molecule has 1 radical (unpaired) electrons. The molecule has 0 saturated heterocycles. The first-order valence-electron chi connectivity index (χ1n) is 6.00. The minimum absolute atomic E-state index is 0. The Balaban J connectivity index is 0. The fourth-order valence-electron chi connectivity index (χ4n) is 1.50. The summed E-state index contributed by atoms with van der Waals surface area (Å²) in [5.41, 5.74) is 0.811. The van der Waals surface area contributed by atoms with Crippen molar-refractivity contribution in [3.05, 3.63) is 73.7 Å². The van der Waals surface area contributed by atoms with Crippen molar-refractivity contribution in [1.82, 2.24) is 0 Å². The van der Waals surface area contributed by atoms with Gasteiger partial charge >= 0.3 is 0 Å². The SMILES string of the molecule is CC.O=S(=O)(Cc1ccccc1)c1ccccc1.[CH3-].[Y]. The monoisotopic (exact) mass is 366 g/mol. The number of hydrogen-bond acceptors (Lipinski definition) is 2. The van der Waals surface area contributed by atoms with Gasteiger partial charge in [0.1, 0.15) is 0 Å². The Morgan fingerprint density at radius 1 is 0.800 bits per heavy atom. The molecule has 107 valence electrons. The van der Waals surface area contributed by atoms with E-state index in [4.69, 9.17) is 0 Å². The minimum Gasteiger partial charge on any atom is -0.358 e. The van der Waals surface area contributed by atoms with Crippen LogP contribution in [0.1, 0.15) is 19.4 Å². The van der Waals surface area contributed by atoms with Crippen LogP contribution in [-0.2, 0) is 48.3 Å². The number of benzene rings is 2. The maximum Gasteiger partial charge on any atom is 0.182 e. The van der Waals surface area contributed by atoms with E-state index in [0.717, 1.165) is 5.56 Å². The van der Waals surface area contributed by atoms with Crippen LogP contribution < -0.4 is 0 Å². The summed E-state index contributed by atoms with van der Waals surface area (Å²) in [4.78, 5) is 0.374. The van der Waals surface area contributed by atoms with Gasteiger partial charge in [-0.25, -0.2) is 8.42 Å². The average molecular weight is 366 g/mol. The molecule has 0 fully saturated rings. The van der Waals surface area contributed by atoms with E-state index in [0.29, 0.717) is 4.90 Å². The van der Waals surface area contributed by atoms with Gasteiger partial charge in [-0.15, -0.1) is 0 Å². The Morgan fingerprint density at radius 2 is 1.20 bits per heavy atom. The van der Waals surface area contributed by atoms with E-state index >= 15 is 0 Å². The summed E-state index contributed by atoms with van der Waals surface area (Å²) >= 11 is 0. The summed E-state index contributed by atoms with van der Waals surface area (Å²) < 4.78 is 24.0. The van der Waals surface area contributed by atoms with E-state index in [2.05, 4.69) is 0 Å². The molecule has 0 aliphatic carbocycles. The quantitative estimate of drug-likeness (QED) is 0.766. The number of sulfone groups is 1. The molecular weight excluding hydrogens is 345 g/mol. The van der Waals surface area contributed by atoms with E-state index in [1.165, 1.54) is 0 Å². The maximum atomic E-state index is 12.0. The van der Waals surface area contributed by atoms with Crippen molar-refractivity contribution < 1.29 is 41.1 Å². The summed E-state index contributed by atoms with van der Waals surface area (Å²) in [5.74, 6) is 0.0534. The van der Waals surface area contributed by atoms with Gasteiger partial charge in [0.05, 0.1) is 10.6 Å². The van der Waals surface area contributed by atoms with E-state index < -0.39 is 9.84 Å². The fraction of sp³-hybridized carbons (Fsp3) is 0.188. The zero-order valence-corrected chi connectivity index (χ0v) is 15.9. The predicted molar refractivity (Wildman–Crippen MR) is 81.5 cm³/mol. The molecule has 2 aromatic carbocycles. The van der Waals surface area contributed by atoms with Crippen molar-refractivity contribution in [2.24, 2.45) is 0 Å². The van der Waals surface area contributed by atoms with Crippen molar-refractivity contribution in [3.63, 3.8) is 0 Å². The first-order valence-corrected chi connectivity index (χ1v) is 7.65. The van der Waals surface area contributed by atoms with Gasteiger partial charge in [-0.3, -0.25) is 0 Å². The zero-order valence-electron chi connectivity index (χ0n) is 12.3. The predicted octanol–water partition coefficient (Wildman–Crippen LogP) is 4.13. The summed E-state index contributed by atoms with van der Waals surface area (Å²) in [5, 5.41) is 0. The molecule has 2 aromatic rings. The third-order valence-electron chi connectivity index (χ3n) is 2.30. The van der Waals surface area contributed by atoms with E-state index in [1.807, 2.05) is 50.2 Å². The van der Waals surface area contributed by atoms with Crippen LogP contribution in [0.5, 0.6) is 0 Å². The second kappa shape index (κ2) is 11.2. The Labute approximate surface area is 148 Å². The summed E-state index contributed by atoms with van der Waals surface area (Å²) in [7, 11) is -3.21. The molecule has 20 heavy (non-hydrogen) atoms. The molecule has 0 spiro atoms. The molecule has 0 amide bonds. The van der Waals surface area contributed by atoms with Crippen molar-refractivity contribution in [2.75, 3.05) is 0 Å². The summed E-state index contributed by atoms with van der Waals surface area (Å²) in [6.07, 6.45) is 0. The second-order valence-corrected chi connectivity index (χ2v) is 5.55. The topological polar surface area (TPSA) is 34.1 Å². The van der Waals surface area contributed by atoms with Crippen LogP contribution in [0.4, 0.5) is 0 Å². The van der Waals surface area contributed by atoms with Crippen LogP contribution in [0.25, 0.3) is 0 Å². The third-order valence-corrected chi connectivity index (χ3v) is 4.01. The first-order chi connectivity index (χ1) is 8.68. The van der Waals surface area contributed by atoms with E-state index in [9.17, 15) is 8.42 Å². The molecule has 0 heterocycles. The van der Waals surface area contributed by atoms with Crippen LogP contribution in [0.15, 0.2) is 65.6 Å². The summed E-state index contributed by atoms with van der Waals surface area (Å²) in [6, 6.07) is 17.7. The largest absolute Gasteiger partial charge is 0.358 e. The van der Waals surface area contributed by atoms with Crippen molar-refractivity contribution >= 4 is 9.84 Å². The van der Waals surface area contributed by atoms with Gasteiger partial charge in [0.25, 0.3) is 0 Å². The fourth-order valence-corrected chi connectivity index (χ4v) is 2.87. The Hall–Kier alpha value is -0.506. The molecule has 0 unspecified atom stereocenters. The maximum absolute atomic E-state index is 12.0. The number of rotatable bonds is 3. The third kappa shape index (κ3) is 6.78. The Morgan fingerprint density at radius 3 is 1.65 bits per heavy atom. The molecule has 0 N–H and O–H groups in total. The molecule has 0 aliphatic rings. The zero-order chi connectivity index (χ0) is 13.4. The normalized spacial score (nSPS) is 9.30. The second-order valence-electron chi connectivity index (χ2n) is 3.56. The molecule has 0 saturated carbocycles. The van der Waals surface area contributed by atoms with Gasteiger partial charge in [0, 0.05) is 32.7 Å². The molecule has 0 aliphatic heterocycles. The van der Waals surface area contributed by atoms with Crippen LogP contribution in [0.3, 0.4) is 0 Å². The Bertz CT molecular complexity index is 552. The minimum atomic E-state index is -3.21. The van der Waals surface area contributed by atoms with E-state index in [-0.39, 0.29) is 45.9 Å². The molecule has 2 nitrogen and oxygen atoms in total. The van der Waals surface area contributed by atoms with Crippen LogP contribution in [-0.4, -0.2) is 8.42 Å².